The molecule has 1 aliphatic heterocycles. The Morgan fingerprint density at radius 1 is 1.38 bits per heavy atom. The van der Waals surface area contributed by atoms with E-state index < -0.39 is 0 Å². The van der Waals surface area contributed by atoms with Crippen LogP contribution in [0.3, 0.4) is 0 Å². The molecule has 1 atom stereocenters. The highest BCUT2D eigenvalue weighted by molar-refractivity contribution is 5.07. The Bertz CT molecular complexity index is 539. The molecule has 1 aliphatic carbocycles. The number of rotatable bonds is 4. The van der Waals surface area contributed by atoms with E-state index in [0.717, 1.165) is 37.6 Å². The Balaban J connectivity index is 1.79. The number of H-pyrrole nitrogens is 1. The molecule has 6 nitrogen and oxygen atoms in total. The first-order valence-corrected chi connectivity index (χ1v) is 7.84. The van der Waals surface area contributed by atoms with Crippen molar-refractivity contribution in [1.82, 2.24) is 25.1 Å². The molecular weight excluding hydrogens is 266 g/mol. The molecule has 1 saturated heterocycles. The number of likely N-dealkylation sites (N-methyl/N-ethyl adjacent to an activating group) is 2. The van der Waals surface area contributed by atoms with E-state index in [0.29, 0.717) is 12.6 Å². The molecule has 1 aromatic heterocycles. The Kier molecular flexibility index (Phi) is 4.37. The minimum Gasteiger partial charge on any atom is -0.309 e. The van der Waals surface area contributed by atoms with Gasteiger partial charge in [-0.3, -0.25) is 9.69 Å². The largest absolute Gasteiger partial charge is 0.309 e. The second-order valence-electron chi connectivity index (χ2n) is 6.39. The van der Waals surface area contributed by atoms with E-state index >= 15 is 0 Å². The zero-order valence-electron chi connectivity index (χ0n) is 12.9. The van der Waals surface area contributed by atoms with Crippen LogP contribution in [0.4, 0.5) is 0 Å². The molecule has 0 spiro atoms. The van der Waals surface area contributed by atoms with Crippen LogP contribution in [0.1, 0.15) is 36.8 Å². The Morgan fingerprint density at radius 2 is 2.19 bits per heavy atom. The molecule has 6 heteroatoms. The summed E-state index contributed by atoms with van der Waals surface area (Å²) in [7, 11) is 4.24. The van der Waals surface area contributed by atoms with E-state index in [2.05, 4.69) is 34.2 Å². The van der Waals surface area contributed by atoms with Crippen LogP contribution < -0.4 is 10.9 Å². The van der Waals surface area contributed by atoms with E-state index in [1.165, 1.54) is 12.8 Å². The van der Waals surface area contributed by atoms with E-state index in [1.54, 1.807) is 6.07 Å². The maximum Gasteiger partial charge on any atom is 0.251 e. The summed E-state index contributed by atoms with van der Waals surface area (Å²) in [6, 6.07) is 2.39. The molecule has 1 saturated carbocycles. The average Bonchev–Trinajstić information content (AvgIpc) is 3.26. The van der Waals surface area contributed by atoms with Gasteiger partial charge in [0.1, 0.15) is 5.82 Å². The molecule has 0 aromatic carbocycles. The van der Waals surface area contributed by atoms with Gasteiger partial charge in [0, 0.05) is 25.2 Å². The standard InChI is InChI=1S/C15H25N5O/c1-19-6-3-7-20(2)13(10-19)15-17-12(8-14(21)18-15)9-16-11-4-5-11/h8,11,13,16H,3-7,9-10H2,1-2H3,(H,17,18,21). The normalized spacial score (nSPS) is 25.0. The molecule has 116 valence electrons. The summed E-state index contributed by atoms with van der Waals surface area (Å²) in [4.78, 5) is 24.2. The third-order valence-electron chi connectivity index (χ3n) is 4.35. The predicted octanol–water partition coefficient (Wildman–Crippen LogP) is 0.330. The predicted molar refractivity (Wildman–Crippen MR) is 82.2 cm³/mol. The van der Waals surface area contributed by atoms with Crippen molar-refractivity contribution in [3.05, 3.63) is 27.9 Å². The molecule has 3 rings (SSSR count). The fraction of sp³-hybridized carbons (Fsp3) is 0.733. The van der Waals surface area contributed by atoms with Gasteiger partial charge >= 0.3 is 0 Å². The molecular formula is C15H25N5O. The number of hydrogen-bond acceptors (Lipinski definition) is 5. The van der Waals surface area contributed by atoms with Crippen LogP contribution in [0, 0.1) is 0 Å². The van der Waals surface area contributed by atoms with Gasteiger partial charge in [0.15, 0.2) is 0 Å². The summed E-state index contributed by atoms with van der Waals surface area (Å²) in [6.45, 7) is 3.71. The highest BCUT2D eigenvalue weighted by Gasteiger charge is 2.25. The fourth-order valence-electron chi connectivity index (χ4n) is 2.88. The first-order valence-electron chi connectivity index (χ1n) is 7.84. The maximum absolute atomic E-state index is 11.9. The lowest BCUT2D eigenvalue weighted by molar-refractivity contribution is 0.219. The van der Waals surface area contributed by atoms with Gasteiger partial charge in [-0.15, -0.1) is 0 Å². The van der Waals surface area contributed by atoms with Crippen molar-refractivity contribution in [2.45, 2.75) is 37.9 Å². The van der Waals surface area contributed by atoms with Crippen molar-refractivity contribution >= 4 is 0 Å². The summed E-state index contributed by atoms with van der Waals surface area (Å²) in [6.07, 6.45) is 3.63. The molecule has 0 amide bonds. The van der Waals surface area contributed by atoms with E-state index in [-0.39, 0.29) is 11.6 Å². The molecule has 1 unspecified atom stereocenters. The highest BCUT2D eigenvalue weighted by atomic mass is 16.1. The van der Waals surface area contributed by atoms with Gasteiger partial charge in [0.25, 0.3) is 5.56 Å². The van der Waals surface area contributed by atoms with Crippen LogP contribution in [-0.2, 0) is 6.54 Å². The van der Waals surface area contributed by atoms with E-state index in [4.69, 9.17) is 4.98 Å². The number of aromatic nitrogens is 2. The smallest absolute Gasteiger partial charge is 0.251 e. The molecule has 21 heavy (non-hydrogen) atoms. The Morgan fingerprint density at radius 3 is 2.95 bits per heavy atom. The van der Waals surface area contributed by atoms with Gasteiger partial charge in [-0.05, 0) is 46.4 Å². The van der Waals surface area contributed by atoms with Crippen LogP contribution in [0.2, 0.25) is 0 Å². The summed E-state index contributed by atoms with van der Waals surface area (Å²) in [5, 5.41) is 3.42. The molecule has 0 radical (unpaired) electrons. The summed E-state index contributed by atoms with van der Waals surface area (Å²) in [5.74, 6) is 0.798. The lowest BCUT2D eigenvalue weighted by Gasteiger charge is -2.26. The zero-order valence-corrected chi connectivity index (χ0v) is 12.9. The monoisotopic (exact) mass is 291 g/mol. The SMILES string of the molecule is CN1CCCN(C)C(c2nc(CNC3CC3)cc(=O)[nH]2)C1. The van der Waals surface area contributed by atoms with Crippen molar-refractivity contribution < 1.29 is 0 Å². The van der Waals surface area contributed by atoms with Gasteiger partial charge in [-0.2, -0.15) is 0 Å². The second kappa shape index (κ2) is 6.25. The van der Waals surface area contributed by atoms with Crippen LogP contribution in [-0.4, -0.2) is 59.5 Å². The Hall–Kier alpha value is -1.24. The maximum atomic E-state index is 11.9. The topological polar surface area (TPSA) is 64.3 Å². The molecule has 2 fully saturated rings. The molecule has 0 bridgehead atoms. The zero-order chi connectivity index (χ0) is 14.8. The molecule has 2 N–H and O–H groups in total. The molecule has 1 aromatic rings. The molecule has 2 aliphatic rings. The van der Waals surface area contributed by atoms with Gasteiger partial charge in [-0.25, -0.2) is 4.98 Å². The Labute approximate surface area is 125 Å². The molecule has 2 heterocycles. The average molecular weight is 291 g/mol. The van der Waals surface area contributed by atoms with Gasteiger partial charge in [-0.1, -0.05) is 0 Å². The van der Waals surface area contributed by atoms with E-state index in [9.17, 15) is 4.79 Å². The number of hydrogen-bond donors (Lipinski definition) is 2. The number of nitrogens with zero attached hydrogens (tertiary/aromatic N) is 3. The van der Waals surface area contributed by atoms with Crippen molar-refractivity contribution in [3.8, 4) is 0 Å². The van der Waals surface area contributed by atoms with Crippen LogP contribution >= 0.6 is 0 Å². The third-order valence-corrected chi connectivity index (χ3v) is 4.35. The first-order chi connectivity index (χ1) is 10.1. The number of aromatic amines is 1. The lowest BCUT2D eigenvalue weighted by atomic mass is 10.2. The fourth-order valence-corrected chi connectivity index (χ4v) is 2.88. The van der Waals surface area contributed by atoms with Crippen molar-refractivity contribution in [1.29, 1.82) is 0 Å². The summed E-state index contributed by atoms with van der Waals surface area (Å²) >= 11 is 0. The second-order valence-corrected chi connectivity index (χ2v) is 6.39. The van der Waals surface area contributed by atoms with E-state index in [1.807, 2.05) is 0 Å². The van der Waals surface area contributed by atoms with Crippen LogP contribution in [0.15, 0.2) is 10.9 Å². The van der Waals surface area contributed by atoms with Gasteiger partial charge < -0.3 is 15.2 Å². The minimum atomic E-state index is -0.0482. The third kappa shape index (κ3) is 3.90. The highest BCUT2D eigenvalue weighted by Crippen LogP contribution is 2.21. The quantitative estimate of drug-likeness (QED) is 0.837. The van der Waals surface area contributed by atoms with Crippen molar-refractivity contribution in [2.75, 3.05) is 33.7 Å². The lowest BCUT2D eigenvalue weighted by Crippen LogP contribution is -2.33. The van der Waals surface area contributed by atoms with Crippen molar-refractivity contribution in [3.63, 3.8) is 0 Å². The minimum absolute atomic E-state index is 0.0482. The van der Waals surface area contributed by atoms with Gasteiger partial charge in [0.2, 0.25) is 0 Å². The number of nitrogens with one attached hydrogen (secondary N) is 2. The van der Waals surface area contributed by atoms with Gasteiger partial charge in [0.05, 0.1) is 11.7 Å². The van der Waals surface area contributed by atoms with Crippen molar-refractivity contribution in [2.24, 2.45) is 0 Å². The summed E-state index contributed by atoms with van der Waals surface area (Å²) < 4.78 is 0. The summed E-state index contributed by atoms with van der Waals surface area (Å²) in [5.41, 5.74) is 0.800. The first kappa shape index (κ1) is 14.7. The van der Waals surface area contributed by atoms with Crippen LogP contribution in [0.5, 0.6) is 0 Å². The van der Waals surface area contributed by atoms with Crippen LogP contribution in [0.25, 0.3) is 0 Å².